The summed E-state index contributed by atoms with van der Waals surface area (Å²) in [7, 11) is -1.14. The van der Waals surface area contributed by atoms with Gasteiger partial charge in [0.15, 0.2) is 0 Å². The van der Waals surface area contributed by atoms with E-state index in [1.54, 1.807) is 6.92 Å². The molecule has 0 saturated heterocycles. The average Bonchev–Trinajstić information content (AvgIpc) is 2.62. The van der Waals surface area contributed by atoms with Crippen molar-refractivity contribution in [1.82, 2.24) is 0 Å². The third kappa shape index (κ3) is 6.63. The molecule has 10 heteroatoms. The van der Waals surface area contributed by atoms with Gasteiger partial charge in [-0.05, 0) is 31.0 Å². The predicted molar refractivity (Wildman–Crippen MR) is 88.0 cm³/mol. The lowest BCUT2D eigenvalue weighted by atomic mass is 10.2. The van der Waals surface area contributed by atoms with Crippen LogP contribution in [0.4, 0.5) is 13.2 Å². The van der Waals surface area contributed by atoms with Crippen LogP contribution in [0.25, 0.3) is 0 Å². The molecule has 0 N–H and O–H groups in total. The van der Waals surface area contributed by atoms with E-state index in [2.05, 4.69) is 0 Å². The first-order chi connectivity index (χ1) is 12.2. The van der Waals surface area contributed by atoms with Crippen molar-refractivity contribution < 1.29 is 41.1 Å². The molecule has 1 aromatic rings. The van der Waals surface area contributed by atoms with Gasteiger partial charge in [0, 0.05) is 20.6 Å². The number of esters is 1. The van der Waals surface area contributed by atoms with Crippen molar-refractivity contribution in [2.24, 2.45) is 0 Å². The maximum absolute atomic E-state index is 12.6. The number of ether oxygens (including phenoxy) is 2. The van der Waals surface area contributed by atoms with Crippen molar-refractivity contribution in [2.75, 3.05) is 20.8 Å². The van der Waals surface area contributed by atoms with Gasteiger partial charge < -0.3 is 18.5 Å². The number of halogens is 3. The average molecular weight is 398 g/mol. The standard InChI is InChI=1S/C16H22F3O6P/c1-4-15(26(21,22-2)23-3)25-14(20)9-6-10-24-13-8-5-7-12(11-13)16(17,18)19/h5,7-8,11,15H,4,6,9-10H2,1-3H3. The Morgan fingerprint density at radius 3 is 2.42 bits per heavy atom. The fraction of sp³-hybridized carbons (Fsp3) is 0.562. The SMILES string of the molecule is CCC(OC(=O)CCCOc1cccc(C(F)(F)F)c1)P(=O)(OC)OC. The van der Waals surface area contributed by atoms with Crippen LogP contribution >= 0.6 is 7.60 Å². The van der Waals surface area contributed by atoms with Gasteiger partial charge in [0.05, 0.1) is 12.2 Å². The van der Waals surface area contributed by atoms with E-state index in [0.717, 1.165) is 12.1 Å². The molecule has 1 unspecified atom stereocenters. The van der Waals surface area contributed by atoms with E-state index in [1.807, 2.05) is 0 Å². The van der Waals surface area contributed by atoms with Gasteiger partial charge in [0.25, 0.3) is 0 Å². The number of carbonyl (C=O) groups excluding carboxylic acids is 1. The van der Waals surface area contributed by atoms with Crippen molar-refractivity contribution in [3.05, 3.63) is 29.8 Å². The Labute approximate surface area is 150 Å². The Balaban J connectivity index is 2.46. The van der Waals surface area contributed by atoms with E-state index in [4.69, 9.17) is 18.5 Å². The maximum atomic E-state index is 12.6. The predicted octanol–water partition coefficient (Wildman–Crippen LogP) is 4.63. The molecule has 148 valence electrons. The van der Waals surface area contributed by atoms with E-state index < -0.39 is 31.1 Å². The highest BCUT2D eigenvalue weighted by atomic mass is 31.2. The van der Waals surface area contributed by atoms with Crippen LogP contribution in [0.2, 0.25) is 0 Å². The van der Waals surface area contributed by atoms with Gasteiger partial charge in [0.1, 0.15) is 5.75 Å². The second-order valence-corrected chi connectivity index (χ2v) is 7.62. The smallest absolute Gasteiger partial charge is 0.416 e. The zero-order valence-corrected chi connectivity index (χ0v) is 15.6. The summed E-state index contributed by atoms with van der Waals surface area (Å²) in [6, 6.07) is 4.47. The quantitative estimate of drug-likeness (QED) is 0.325. The molecular formula is C16H22F3O6P. The molecule has 0 spiro atoms. The molecule has 0 aromatic heterocycles. The molecule has 0 aliphatic heterocycles. The molecule has 0 aliphatic carbocycles. The van der Waals surface area contributed by atoms with Crippen LogP contribution in [-0.4, -0.2) is 32.6 Å². The van der Waals surface area contributed by atoms with Gasteiger partial charge in [-0.25, -0.2) is 0 Å². The largest absolute Gasteiger partial charge is 0.494 e. The summed E-state index contributed by atoms with van der Waals surface area (Å²) in [5.41, 5.74) is -0.810. The van der Waals surface area contributed by atoms with Gasteiger partial charge in [-0.1, -0.05) is 13.0 Å². The maximum Gasteiger partial charge on any atom is 0.416 e. The van der Waals surface area contributed by atoms with Gasteiger partial charge in [0.2, 0.25) is 5.85 Å². The Kier molecular flexibility index (Phi) is 8.59. The molecule has 1 aromatic carbocycles. The van der Waals surface area contributed by atoms with Crippen molar-refractivity contribution in [2.45, 2.75) is 38.2 Å². The Hall–Kier alpha value is -1.57. The molecule has 0 amide bonds. The van der Waals surface area contributed by atoms with Crippen LogP contribution in [0.3, 0.4) is 0 Å². The second-order valence-electron chi connectivity index (χ2n) is 5.24. The third-order valence-electron chi connectivity index (χ3n) is 3.43. The Morgan fingerprint density at radius 2 is 1.88 bits per heavy atom. The number of hydrogen-bond acceptors (Lipinski definition) is 6. The van der Waals surface area contributed by atoms with E-state index >= 15 is 0 Å². The summed E-state index contributed by atoms with van der Waals surface area (Å²) in [5.74, 6) is -1.59. The zero-order valence-electron chi connectivity index (χ0n) is 14.7. The lowest BCUT2D eigenvalue weighted by molar-refractivity contribution is -0.146. The first-order valence-electron chi connectivity index (χ1n) is 7.87. The normalized spacial score (nSPS) is 13.3. The Bertz CT molecular complexity index is 627. The van der Waals surface area contributed by atoms with Crippen LogP contribution in [0.5, 0.6) is 5.75 Å². The summed E-state index contributed by atoms with van der Waals surface area (Å²) >= 11 is 0. The van der Waals surface area contributed by atoms with E-state index in [0.29, 0.717) is 0 Å². The molecule has 0 saturated carbocycles. The first-order valence-corrected chi connectivity index (χ1v) is 9.48. The summed E-state index contributed by atoms with van der Waals surface area (Å²) in [6.07, 6.45) is -4.04. The summed E-state index contributed by atoms with van der Waals surface area (Å²) in [4.78, 5) is 11.8. The van der Waals surface area contributed by atoms with Crippen LogP contribution < -0.4 is 4.74 Å². The molecule has 0 radical (unpaired) electrons. The highest BCUT2D eigenvalue weighted by molar-refractivity contribution is 7.54. The van der Waals surface area contributed by atoms with E-state index in [9.17, 15) is 22.5 Å². The molecule has 1 atom stereocenters. The Morgan fingerprint density at radius 1 is 1.23 bits per heavy atom. The van der Waals surface area contributed by atoms with E-state index in [1.165, 1.54) is 26.4 Å². The molecule has 0 heterocycles. The minimum Gasteiger partial charge on any atom is -0.494 e. The lowest BCUT2D eigenvalue weighted by Gasteiger charge is -2.23. The number of hydrogen-bond donors (Lipinski definition) is 0. The molecule has 26 heavy (non-hydrogen) atoms. The number of rotatable bonds is 10. The highest BCUT2D eigenvalue weighted by Crippen LogP contribution is 2.53. The molecule has 0 fully saturated rings. The first kappa shape index (κ1) is 22.5. The fourth-order valence-corrected chi connectivity index (χ4v) is 3.37. The van der Waals surface area contributed by atoms with Gasteiger partial charge in [-0.15, -0.1) is 0 Å². The second kappa shape index (κ2) is 9.94. The minimum atomic E-state index is -4.45. The van der Waals surface area contributed by atoms with Gasteiger partial charge >= 0.3 is 19.7 Å². The monoisotopic (exact) mass is 398 g/mol. The number of benzene rings is 1. The molecule has 6 nitrogen and oxygen atoms in total. The highest BCUT2D eigenvalue weighted by Gasteiger charge is 2.36. The number of alkyl halides is 3. The summed E-state index contributed by atoms with van der Waals surface area (Å²) in [5, 5.41) is 0. The van der Waals surface area contributed by atoms with Crippen molar-refractivity contribution in [1.29, 1.82) is 0 Å². The number of carbonyl (C=O) groups is 1. The molecule has 0 aliphatic rings. The topological polar surface area (TPSA) is 71.1 Å². The van der Waals surface area contributed by atoms with Crippen molar-refractivity contribution >= 4 is 13.6 Å². The van der Waals surface area contributed by atoms with Crippen molar-refractivity contribution in [3.8, 4) is 5.75 Å². The van der Waals surface area contributed by atoms with Crippen molar-refractivity contribution in [3.63, 3.8) is 0 Å². The van der Waals surface area contributed by atoms with Crippen LogP contribution in [0.15, 0.2) is 24.3 Å². The summed E-state index contributed by atoms with van der Waals surface area (Å²) < 4.78 is 70.0. The fourth-order valence-electron chi connectivity index (χ4n) is 2.06. The van der Waals surface area contributed by atoms with E-state index in [-0.39, 0.29) is 31.6 Å². The molecule has 1 rings (SSSR count). The lowest BCUT2D eigenvalue weighted by Crippen LogP contribution is -2.19. The van der Waals surface area contributed by atoms with Crippen LogP contribution in [-0.2, 0) is 29.3 Å². The zero-order chi connectivity index (χ0) is 19.8. The van der Waals surface area contributed by atoms with Crippen LogP contribution in [0.1, 0.15) is 31.7 Å². The van der Waals surface area contributed by atoms with Gasteiger partial charge in [-0.3, -0.25) is 9.36 Å². The molecule has 0 bridgehead atoms. The third-order valence-corrected chi connectivity index (χ3v) is 5.63. The van der Waals surface area contributed by atoms with Gasteiger partial charge in [-0.2, -0.15) is 13.2 Å². The minimum absolute atomic E-state index is 0.0272. The molecular weight excluding hydrogens is 376 g/mol. The van der Waals surface area contributed by atoms with Crippen LogP contribution in [0, 0.1) is 0 Å². The summed E-state index contributed by atoms with van der Waals surface area (Å²) in [6.45, 7) is 1.69.